The molecule has 1 unspecified atom stereocenters. The van der Waals surface area contributed by atoms with E-state index in [0.29, 0.717) is 6.10 Å². The standard InChI is InChI=1S/C9H17NO/c1-10-7-4-3-5-8(10)9(6-7)11-2/h7-9H,3-6H2,1-2H3/t7-,8+,9?/m1/s1. The van der Waals surface area contributed by atoms with Crippen molar-refractivity contribution in [3.05, 3.63) is 0 Å². The van der Waals surface area contributed by atoms with Gasteiger partial charge in [-0.05, 0) is 26.3 Å². The number of piperidine rings is 1. The average Bonchev–Trinajstić information content (AvgIpc) is 2.23. The van der Waals surface area contributed by atoms with Crippen LogP contribution >= 0.6 is 0 Å². The second-order valence-electron chi connectivity index (χ2n) is 3.83. The van der Waals surface area contributed by atoms with Crippen molar-refractivity contribution in [3.8, 4) is 0 Å². The van der Waals surface area contributed by atoms with Crippen LogP contribution in [-0.4, -0.2) is 37.2 Å². The van der Waals surface area contributed by atoms with E-state index in [1.165, 1.54) is 25.7 Å². The Kier molecular flexibility index (Phi) is 1.90. The molecule has 0 aliphatic carbocycles. The van der Waals surface area contributed by atoms with Gasteiger partial charge < -0.3 is 4.74 Å². The highest BCUT2D eigenvalue weighted by Gasteiger charge is 2.41. The summed E-state index contributed by atoms with van der Waals surface area (Å²) >= 11 is 0. The van der Waals surface area contributed by atoms with Crippen LogP contribution in [0.1, 0.15) is 25.7 Å². The highest BCUT2D eigenvalue weighted by Crippen LogP contribution is 2.35. The zero-order valence-corrected chi connectivity index (χ0v) is 7.42. The number of hydrogen-bond donors (Lipinski definition) is 0. The third-order valence-electron chi connectivity index (χ3n) is 3.37. The van der Waals surface area contributed by atoms with Gasteiger partial charge >= 0.3 is 0 Å². The SMILES string of the molecule is COC1C[C@H]2CCC[C@@H]1N2C. The van der Waals surface area contributed by atoms with Crippen molar-refractivity contribution in [3.63, 3.8) is 0 Å². The fourth-order valence-corrected chi connectivity index (χ4v) is 2.65. The van der Waals surface area contributed by atoms with Crippen LogP contribution in [0.3, 0.4) is 0 Å². The van der Waals surface area contributed by atoms with Crippen molar-refractivity contribution in [2.45, 2.75) is 43.9 Å². The number of likely N-dealkylation sites (N-methyl/N-ethyl adjacent to an activating group) is 1. The largest absolute Gasteiger partial charge is 0.380 e. The molecule has 2 rings (SSSR count). The number of hydrogen-bond acceptors (Lipinski definition) is 2. The van der Waals surface area contributed by atoms with Gasteiger partial charge in [-0.15, -0.1) is 0 Å². The van der Waals surface area contributed by atoms with Gasteiger partial charge in [-0.2, -0.15) is 0 Å². The van der Waals surface area contributed by atoms with Gasteiger partial charge in [-0.3, -0.25) is 4.90 Å². The molecule has 2 aliphatic heterocycles. The second kappa shape index (κ2) is 2.76. The Bertz CT molecular complexity index is 148. The van der Waals surface area contributed by atoms with Gasteiger partial charge in [0.15, 0.2) is 0 Å². The molecule has 64 valence electrons. The first kappa shape index (κ1) is 7.56. The van der Waals surface area contributed by atoms with Crippen LogP contribution in [0.15, 0.2) is 0 Å². The summed E-state index contributed by atoms with van der Waals surface area (Å²) in [5.74, 6) is 0. The fraction of sp³-hybridized carbons (Fsp3) is 1.00. The molecule has 2 saturated heterocycles. The van der Waals surface area contributed by atoms with Crippen LogP contribution in [0.4, 0.5) is 0 Å². The summed E-state index contributed by atoms with van der Waals surface area (Å²) in [4.78, 5) is 2.51. The van der Waals surface area contributed by atoms with Crippen LogP contribution < -0.4 is 0 Å². The molecule has 2 heteroatoms. The van der Waals surface area contributed by atoms with Crippen LogP contribution in [0.2, 0.25) is 0 Å². The lowest BCUT2D eigenvalue weighted by Crippen LogP contribution is -2.39. The van der Waals surface area contributed by atoms with Crippen molar-refractivity contribution in [2.24, 2.45) is 0 Å². The molecule has 0 radical (unpaired) electrons. The molecule has 2 bridgehead atoms. The number of rotatable bonds is 1. The molecule has 0 saturated carbocycles. The third-order valence-corrected chi connectivity index (χ3v) is 3.37. The van der Waals surface area contributed by atoms with E-state index in [4.69, 9.17) is 4.74 Å². The molecule has 3 atom stereocenters. The van der Waals surface area contributed by atoms with Crippen molar-refractivity contribution in [2.75, 3.05) is 14.2 Å². The Balaban J connectivity index is 2.09. The quantitative estimate of drug-likeness (QED) is 0.565. The van der Waals surface area contributed by atoms with Gasteiger partial charge in [0.1, 0.15) is 0 Å². The van der Waals surface area contributed by atoms with Crippen molar-refractivity contribution < 1.29 is 4.74 Å². The highest BCUT2D eigenvalue weighted by molar-refractivity contribution is 4.96. The Hall–Kier alpha value is -0.0800. The third kappa shape index (κ3) is 1.09. The van der Waals surface area contributed by atoms with E-state index in [1.807, 2.05) is 7.11 Å². The molecule has 0 aromatic rings. The molecule has 0 aromatic carbocycles. The molecule has 2 heterocycles. The van der Waals surface area contributed by atoms with Crippen molar-refractivity contribution in [1.82, 2.24) is 4.90 Å². The molecule has 11 heavy (non-hydrogen) atoms. The summed E-state index contributed by atoms with van der Waals surface area (Å²) in [6.07, 6.45) is 5.91. The van der Waals surface area contributed by atoms with Crippen molar-refractivity contribution in [1.29, 1.82) is 0 Å². The summed E-state index contributed by atoms with van der Waals surface area (Å²) < 4.78 is 5.45. The predicted octanol–water partition coefficient (Wildman–Crippen LogP) is 1.26. The summed E-state index contributed by atoms with van der Waals surface area (Å²) in [6.45, 7) is 0. The van der Waals surface area contributed by atoms with E-state index >= 15 is 0 Å². The Morgan fingerprint density at radius 1 is 1.36 bits per heavy atom. The highest BCUT2D eigenvalue weighted by atomic mass is 16.5. The zero-order chi connectivity index (χ0) is 7.84. The number of ether oxygens (including phenoxy) is 1. The minimum atomic E-state index is 0.521. The van der Waals surface area contributed by atoms with Crippen LogP contribution in [0.5, 0.6) is 0 Å². The van der Waals surface area contributed by atoms with Gasteiger partial charge in [0.25, 0.3) is 0 Å². The molecule has 2 fully saturated rings. The van der Waals surface area contributed by atoms with Crippen LogP contribution in [0, 0.1) is 0 Å². The van der Waals surface area contributed by atoms with E-state index in [1.54, 1.807) is 0 Å². The van der Waals surface area contributed by atoms with Crippen LogP contribution in [0.25, 0.3) is 0 Å². The molecular formula is C9H17NO. The molecule has 0 N–H and O–H groups in total. The van der Waals surface area contributed by atoms with Gasteiger partial charge in [0, 0.05) is 19.2 Å². The fourth-order valence-electron chi connectivity index (χ4n) is 2.65. The minimum Gasteiger partial charge on any atom is -0.380 e. The van der Waals surface area contributed by atoms with E-state index < -0.39 is 0 Å². The van der Waals surface area contributed by atoms with E-state index in [2.05, 4.69) is 11.9 Å². The minimum absolute atomic E-state index is 0.521. The summed E-state index contributed by atoms with van der Waals surface area (Å²) in [5.41, 5.74) is 0. The molecule has 0 amide bonds. The normalized spacial score (nSPS) is 44.7. The lowest BCUT2D eigenvalue weighted by Gasteiger charge is -2.31. The van der Waals surface area contributed by atoms with E-state index in [-0.39, 0.29) is 0 Å². The molecule has 2 nitrogen and oxygen atoms in total. The molecule has 0 aromatic heterocycles. The first-order chi connectivity index (χ1) is 5.33. The second-order valence-corrected chi connectivity index (χ2v) is 3.83. The summed E-state index contributed by atoms with van der Waals surface area (Å²) in [7, 11) is 4.09. The first-order valence-electron chi connectivity index (χ1n) is 4.57. The van der Waals surface area contributed by atoms with E-state index in [9.17, 15) is 0 Å². The number of methoxy groups -OCH3 is 1. The predicted molar refractivity (Wildman–Crippen MR) is 44.6 cm³/mol. The smallest absolute Gasteiger partial charge is 0.0741 e. The molecule has 0 spiro atoms. The topological polar surface area (TPSA) is 12.5 Å². The van der Waals surface area contributed by atoms with Gasteiger partial charge in [0.2, 0.25) is 0 Å². The Morgan fingerprint density at radius 2 is 2.18 bits per heavy atom. The molecular weight excluding hydrogens is 138 g/mol. The summed E-state index contributed by atoms with van der Waals surface area (Å²) in [6, 6.07) is 1.54. The van der Waals surface area contributed by atoms with Crippen molar-refractivity contribution >= 4 is 0 Å². The number of nitrogens with zero attached hydrogens (tertiary/aromatic N) is 1. The average molecular weight is 155 g/mol. The molecule has 2 aliphatic rings. The maximum Gasteiger partial charge on any atom is 0.0741 e. The Morgan fingerprint density at radius 3 is 2.82 bits per heavy atom. The van der Waals surface area contributed by atoms with Gasteiger partial charge in [-0.25, -0.2) is 0 Å². The van der Waals surface area contributed by atoms with E-state index in [0.717, 1.165) is 12.1 Å². The van der Waals surface area contributed by atoms with Gasteiger partial charge in [-0.1, -0.05) is 6.42 Å². The zero-order valence-electron chi connectivity index (χ0n) is 7.42. The first-order valence-corrected chi connectivity index (χ1v) is 4.57. The lowest BCUT2D eigenvalue weighted by molar-refractivity contribution is 0.0611. The van der Waals surface area contributed by atoms with Crippen LogP contribution in [-0.2, 0) is 4.74 Å². The van der Waals surface area contributed by atoms with Gasteiger partial charge in [0.05, 0.1) is 6.10 Å². The number of fused-ring (bicyclic) bond motifs is 2. The monoisotopic (exact) mass is 155 g/mol. The summed E-state index contributed by atoms with van der Waals surface area (Å²) in [5, 5.41) is 0. The Labute approximate surface area is 68.5 Å². The lowest BCUT2D eigenvalue weighted by atomic mass is 10.0. The maximum atomic E-state index is 5.45. The maximum absolute atomic E-state index is 5.45.